The predicted octanol–water partition coefficient (Wildman–Crippen LogP) is 13.7. The van der Waals surface area contributed by atoms with Gasteiger partial charge in [0.1, 0.15) is 0 Å². The summed E-state index contributed by atoms with van der Waals surface area (Å²) >= 11 is 0. The monoisotopic (exact) mass is 848 g/mol. The summed E-state index contributed by atoms with van der Waals surface area (Å²) in [5.74, 6) is 0. The van der Waals surface area contributed by atoms with Crippen LogP contribution in [0.3, 0.4) is 0 Å². The van der Waals surface area contributed by atoms with E-state index in [0.717, 1.165) is 38.5 Å². The molecule has 0 radical (unpaired) electrons. The van der Waals surface area contributed by atoms with Crippen LogP contribution in [-0.2, 0) is 49.5 Å². The molecule has 6 aromatic carbocycles. The van der Waals surface area contributed by atoms with Crippen molar-refractivity contribution >= 4 is 7.82 Å². The van der Waals surface area contributed by atoms with Crippen molar-refractivity contribution in [3.05, 3.63) is 215 Å². The van der Waals surface area contributed by atoms with Gasteiger partial charge in [0.15, 0.2) is 0 Å². The molecule has 0 amide bonds. The molecule has 0 N–H and O–H groups in total. The molecule has 3 aliphatic rings. The summed E-state index contributed by atoms with van der Waals surface area (Å²) in [6.07, 6.45) is 8.02. The lowest BCUT2D eigenvalue weighted by Crippen LogP contribution is -2.36. The minimum Gasteiger partial charge on any atom is -0.223 e. The first-order valence-electron chi connectivity index (χ1n) is 22.5. The van der Waals surface area contributed by atoms with Gasteiger partial charge in [-0.05, 0) is 110 Å². The van der Waals surface area contributed by atoms with Crippen LogP contribution < -0.4 is 0 Å². The molecular weight excluding hydrogens is 792 g/mol. The van der Waals surface area contributed by atoms with Crippen LogP contribution in [0.4, 0.5) is 0 Å². The zero-order chi connectivity index (χ0) is 42.1. The lowest BCUT2D eigenvalue weighted by Gasteiger charge is -2.41. The second kappa shape index (κ2) is 19.4. The predicted molar refractivity (Wildman–Crippen MR) is 242 cm³/mol. The minimum atomic E-state index is -4.53. The van der Waals surface area contributed by atoms with Gasteiger partial charge >= 0.3 is 7.82 Å². The quantitative estimate of drug-likeness (QED) is 0.0579. The second-order valence-electron chi connectivity index (χ2n) is 17.5. The summed E-state index contributed by atoms with van der Waals surface area (Å²) in [4.78, 5) is 18.1. The molecule has 6 aromatic rings. The van der Waals surface area contributed by atoms with Gasteiger partial charge in [0.2, 0.25) is 0 Å². The van der Waals surface area contributed by atoms with Crippen molar-refractivity contribution in [2.24, 2.45) is 0 Å². The maximum atomic E-state index is 14.6. The molecule has 320 valence electrons. The van der Waals surface area contributed by atoms with Gasteiger partial charge in [-0.2, -0.15) is 0 Å². The molecule has 8 heteroatoms. The van der Waals surface area contributed by atoms with Crippen molar-refractivity contribution in [1.82, 2.24) is 0 Å². The summed E-state index contributed by atoms with van der Waals surface area (Å²) in [5.41, 5.74) is 7.14. The molecule has 62 heavy (non-hydrogen) atoms. The molecule has 0 spiro atoms. The fraction of sp³-hybridized carbons (Fsp3) is 0.333. The molecule has 0 unspecified atom stereocenters. The van der Waals surface area contributed by atoms with Crippen LogP contribution >= 0.6 is 7.82 Å². The van der Waals surface area contributed by atoms with Crippen LogP contribution in [0, 0.1) is 0 Å². The lowest BCUT2D eigenvalue weighted by atomic mass is 9.65. The highest BCUT2D eigenvalue weighted by atomic mass is 31.2. The molecule has 0 atom stereocenters. The normalized spacial score (nSPS) is 19.5. The third kappa shape index (κ3) is 9.18. The average Bonchev–Trinajstić information content (AvgIpc) is 3.37. The van der Waals surface area contributed by atoms with Crippen LogP contribution in [0.1, 0.15) is 110 Å². The van der Waals surface area contributed by atoms with Gasteiger partial charge in [0.05, 0.1) is 18.3 Å². The summed E-state index contributed by atoms with van der Waals surface area (Å²) in [5, 5.41) is 0. The van der Waals surface area contributed by atoms with E-state index in [9.17, 15) is 4.57 Å². The van der Waals surface area contributed by atoms with Gasteiger partial charge in [-0.1, -0.05) is 182 Å². The maximum Gasteiger partial charge on any atom is 0.556 e. The first-order chi connectivity index (χ1) is 30.5. The minimum absolute atomic E-state index is 0.170. The topological polar surface area (TPSA) is 72.5 Å². The van der Waals surface area contributed by atoms with Crippen molar-refractivity contribution in [3.8, 4) is 0 Å². The summed E-state index contributed by atoms with van der Waals surface area (Å²) in [6.45, 7) is 0. The third-order valence-electron chi connectivity index (χ3n) is 14.1. The van der Waals surface area contributed by atoms with Crippen LogP contribution in [0.25, 0.3) is 0 Å². The van der Waals surface area contributed by atoms with E-state index in [1.165, 1.54) is 33.4 Å². The molecule has 0 saturated heterocycles. The van der Waals surface area contributed by atoms with Gasteiger partial charge < -0.3 is 0 Å². The van der Waals surface area contributed by atoms with Gasteiger partial charge in [0, 0.05) is 16.2 Å². The van der Waals surface area contributed by atoms with Crippen molar-refractivity contribution in [2.45, 2.75) is 112 Å². The number of hydrogen-bond donors (Lipinski definition) is 0. The lowest BCUT2D eigenvalue weighted by molar-refractivity contribution is -0.358. The Hall–Kier alpha value is -4.69. The molecule has 7 nitrogen and oxygen atoms in total. The molecule has 3 fully saturated rings. The van der Waals surface area contributed by atoms with Crippen molar-refractivity contribution < 1.29 is 33.3 Å². The van der Waals surface area contributed by atoms with Crippen LogP contribution in [0.2, 0.25) is 0 Å². The van der Waals surface area contributed by atoms with E-state index < -0.39 is 7.82 Å². The van der Waals surface area contributed by atoms with E-state index in [1.807, 2.05) is 0 Å². The summed E-state index contributed by atoms with van der Waals surface area (Å²) in [7, 11) is -4.53. The Bertz CT molecular complexity index is 1920. The Morgan fingerprint density at radius 3 is 0.661 bits per heavy atom. The largest absolute Gasteiger partial charge is 0.556 e. The molecule has 9 rings (SSSR count). The van der Waals surface area contributed by atoms with Crippen molar-refractivity contribution in [3.63, 3.8) is 0 Å². The van der Waals surface area contributed by atoms with E-state index in [0.29, 0.717) is 38.5 Å². The molecule has 0 bridgehead atoms. The van der Waals surface area contributed by atoms with E-state index >= 15 is 0 Å². The Balaban J connectivity index is 0.885. The van der Waals surface area contributed by atoms with Crippen LogP contribution in [0.15, 0.2) is 182 Å². The van der Waals surface area contributed by atoms with Crippen LogP contribution in [0.5, 0.6) is 0 Å². The molecule has 0 aromatic heterocycles. The highest BCUT2D eigenvalue weighted by Crippen LogP contribution is 2.55. The van der Waals surface area contributed by atoms with Gasteiger partial charge in [-0.15, -0.1) is 14.0 Å². The zero-order valence-corrected chi connectivity index (χ0v) is 36.2. The highest BCUT2D eigenvalue weighted by Gasteiger charge is 2.45. The standard InChI is InChI=1S/C54H57O7P/c55-62(59-56-49-31-37-52(38-32-49,43-19-7-1-8-20-43)44-21-9-2-10-22-44,60-57-50-33-39-53(40-34-50,45-23-11-3-12-24-45)46-25-13-4-14-26-46)61-58-51-35-41-54(42-36-51,47-27-15-5-16-28-47)48-29-17-6-18-30-48/h1-30,49-51H,31-42H2. The number of benzene rings is 6. The molecule has 3 aliphatic carbocycles. The number of hydrogen-bond acceptors (Lipinski definition) is 7. The second-order valence-corrected chi connectivity index (χ2v) is 18.8. The highest BCUT2D eigenvalue weighted by molar-refractivity contribution is 7.48. The summed E-state index contributed by atoms with van der Waals surface area (Å²) < 4.78 is 31.9. The van der Waals surface area contributed by atoms with Crippen molar-refractivity contribution in [1.29, 1.82) is 0 Å². The van der Waals surface area contributed by atoms with Gasteiger partial charge in [0.25, 0.3) is 0 Å². The first-order valence-corrected chi connectivity index (χ1v) is 23.9. The average molecular weight is 849 g/mol. The van der Waals surface area contributed by atoms with E-state index in [2.05, 4.69) is 182 Å². The van der Waals surface area contributed by atoms with E-state index in [1.54, 1.807) is 0 Å². The Labute approximate surface area is 366 Å². The van der Waals surface area contributed by atoms with Gasteiger partial charge in [-0.25, -0.2) is 19.2 Å². The molecule has 3 saturated carbocycles. The fourth-order valence-electron chi connectivity index (χ4n) is 10.7. The molecule has 0 heterocycles. The van der Waals surface area contributed by atoms with Gasteiger partial charge in [-0.3, -0.25) is 0 Å². The Morgan fingerprint density at radius 2 is 0.484 bits per heavy atom. The Kier molecular flexibility index (Phi) is 13.3. The first kappa shape index (κ1) is 42.6. The number of phosphoric acid groups is 1. The zero-order valence-electron chi connectivity index (χ0n) is 35.3. The van der Waals surface area contributed by atoms with E-state index in [4.69, 9.17) is 28.7 Å². The molecular formula is C54H57O7P. The SMILES string of the molecule is O=P(OOC1CCC(c2ccccc2)(c2ccccc2)CC1)(OOC1CCC(c2ccccc2)(c2ccccc2)CC1)OOC1CCC(c2ccccc2)(c2ccccc2)CC1. The third-order valence-corrected chi connectivity index (χ3v) is 14.9. The maximum absolute atomic E-state index is 14.6. The van der Waals surface area contributed by atoms with Crippen molar-refractivity contribution in [2.75, 3.05) is 0 Å². The smallest absolute Gasteiger partial charge is 0.223 e. The summed E-state index contributed by atoms with van der Waals surface area (Å²) in [6, 6.07) is 64.0. The van der Waals surface area contributed by atoms with Crippen LogP contribution in [-0.4, -0.2) is 18.3 Å². The Morgan fingerprint density at radius 1 is 0.306 bits per heavy atom. The fourth-order valence-corrected chi connectivity index (χ4v) is 11.5. The number of rotatable bonds is 15. The van der Waals surface area contributed by atoms with E-state index in [-0.39, 0.29) is 34.6 Å². The molecule has 0 aliphatic heterocycles.